The molecule has 10 nitrogen and oxygen atoms in total. The highest BCUT2D eigenvalue weighted by Crippen LogP contribution is 2.38. The largest absolute Gasteiger partial charge is 0.416 e. The number of hydrogen-bond acceptors (Lipinski definition) is 8. The van der Waals surface area contributed by atoms with E-state index in [2.05, 4.69) is 25.3 Å². The van der Waals surface area contributed by atoms with Gasteiger partial charge in [-0.2, -0.15) is 50.0 Å². The Morgan fingerprint density at radius 1 is 0.470 bits per heavy atom. The highest BCUT2D eigenvalue weighted by molar-refractivity contribution is 6.31. The van der Waals surface area contributed by atoms with Gasteiger partial charge in [0.25, 0.3) is 0 Å². The Morgan fingerprint density at radius 3 is 1.14 bits per heavy atom. The van der Waals surface area contributed by atoms with Gasteiger partial charge >= 0.3 is 18.5 Å². The Morgan fingerprint density at radius 2 is 0.803 bits per heavy atom. The van der Waals surface area contributed by atoms with Crippen molar-refractivity contribution in [1.29, 1.82) is 10.5 Å². The van der Waals surface area contributed by atoms with E-state index in [1.807, 2.05) is 47.8 Å². The van der Waals surface area contributed by atoms with Gasteiger partial charge in [-0.15, -0.1) is 0 Å². The minimum Gasteiger partial charge on any atom is -0.325 e. The maximum absolute atomic E-state index is 13.1. The smallest absolute Gasteiger partial charge is 0.325 e. The molecule has 2 N–H and O–H groups in total. The summed E-state index contributed by atoms with van der Waals surface area (Å²) in [6, 6.07) is 29.6. The Balaban J connectivity index is 0.000000198. The van der Waals surface area contributed by atoms with Crippen molar-refractivity contribution >= 4 is 90.0 Å². The summed E-state index contributed by atoms with van der Waals surface area (Å²) in [5.41, 5.74) is -3.49. The highest BCUT2D eigenvalue weighted by Gasteiger charge is 2.38. The third kappa shape index (κ3) is 10.2. The first-order valence-corrected chi connectivity index (χ1v) is 19.5. The number of alkyl halides is 9. The van der Waals surface area contributed by atoms with Gasteiger partial charge in [-0.1, -0.05) is 71.7 Å². The summed E-state index contributed by atoms with van der Waals surface area (Å²) >= 11 is 12.4. The first-order chi connectivity index (χ1) is 31.1. The lowest BCUT2D eigenvalue weighted by molar-refractivity contribution is -0.143. The van der Waals surface area contributed by atoms with Gasteiger partial charge in [-0.3, -0.25) is 9.59 Å². The average Bonchev–Trinajstić information content (AvgIpc) is 3.25. The standard InChI is InChI=1S/C23H11ClF6N4O.C22H12ClF3N4O/c24-20-19(33-17-5-11-3-1-2-4-12(11)6-18(17)34-20)16(10-31)21(35)32-15-8-13(22(25,26)27)7-14(9-15)23(28,29)30;23-20-19(29-17-9-12-3-1-2-4-13(12)10-18(17)30-20)16(11-27)21(31)28-15-7-5-14(6-8-15)22(24,25)26/h1-9,16H,(H,32,35);1-10,16H,(H,28,31). The fourth-order valence-corrected chi connectivity index (χ4v) is 7.01. The molecule has 8 aromatic rings. The predicted molar refractivity (Wildman–Crippen MR) is 226 cm³/mol. The zero-order valence-corrected chi connectivity index (χ0v) is 34.3. The summed E-state index contributed by atoms with van der Waals surface area (Å²) in [5.74, 6) is -5.18. The van der Waals surface area contributed by atoms with E-state index in [4.69, 9.17) is 23.2 Å². The van der Waals surface area contributed by atoms with Gasteiger partial charge in [0.15, 0.2) is 22.1 Å². The molecule has 0 fully saturated rings. The number of carbonyl (C=O) groups is 2. The number of hydrogen-bond donors (Lipinski definition) is 2. The zero-order valence-electron chi connectivity index (χ0n) is 32.8. The van der Waals surface area contributed by atoms with Crippen molar-refractivity contribution in [2.45, 2.75) is 30.4 Å². The third-order valence-electron chi connectivity index (χ3n) is 9.69. The first kappa shape index (κ1) is 46.4. The quantitative estimate of drug-likeness (QED) is 0.123. The molecular weight excluding hydrogens is 926 g/mol. The highest BCUT2D eigenvalue weighted by atomic mass is 35.5. The number of carbonyl (C=O) groups excluding carboxylic acids is 2. The molecule has 0 radical (unpaired) electrons. The van der Waals surface area contributed by atoms with Crippen LogP contribution in [-0.2, 0) is 28.1 Å². The summed E-state index contributed by atoms with van der Waals surface area (Å²) < 4.78 is 117. The summed E-state index contributed by atoms with van der Waals surface area (Å²) in [7, 11) is 0. The summed E-state index contributed by atoms with van der Waals surface area (Å²) in [4.78, 5) is 42.4. The van der Waals surface area contributed by atoms with Crippen molar-refractivity contribution < 1.29 is 49.1 Å². The van der Waals surface area contributed by atoms with Crippen molar-refractivity contribution in [1.82, 2.24) is 19.9 Å². The Kier molecular flexibility index (Phi) is 12.7. The SMILES string of the molecule is N#CC(C(=O)Nc1cc(C(F)(F)F)cc(C(F)(F)F)c1)c1nc2cc3ccccc3cc2nc1Cl.N#CC(C(=O)Nc1ccc(C(F)(F)F)cc1)c1nc2cc3ccccc3cc2nc1Cl. The molecule has 0 saturated heterocycles. The number of nitrogens with zero attached hydrogens (tertiary/aromatic N) is 6. The zero-order chi connectivity index (χ0) is 47.7. The molecule has 8 rings (SSSR count). The van der Waals surface area contributed by atoms with E-state index in [0.717, 1.165) is 45.8 Å². The topological polar surface area (TPSA) is 157 Å². The molecule has 0 aliphatic heterocycles. The maximum Gasteiger partial charge on any atom is 0.416 e. The first-order valence-electron chi connectivity index (χ1n) is 18.7. The molecule has 2 amide bonds. The van der Waals surface area contributed by atoms with Gasteiger partial charge in [0.1, 0.15) is 11.4 Å². The van der Waals surface area contributed by atoms with Crippen LogP contribution in [-0.4, -0.2) is 31.8 Å². The molecule has 2 heterocycles. The van der Waals surface area contributed by atoms with E-state index in [0.29, 0.717) is 28.7 Å². The lowest BCUT2D eigenvalue weighted by atomic mass is 10.0. The van der Waals surface area contributed by atoms with Gasteiger partial charge in [-0.05, 0) is 88.3 Å². The summed E-state index contributed by atoms with van der Waals surface area (Å²) in [5, 5.41) is 26.5. The van der Waals surface area contributed by atoms with Gasteiger partial charge in [0.05, 0.1) is 50.9 Å². The Labute approximate surface area is 375 Å². The maximum atomic E-state index is 13.1. The van der Waals surface area contributed by atoms with Gasteiger partial charge < -0.3 is 10.6 Å². The third-order valence-corrected chi connectivity index (χ3v) is 10.2. The van der Waals surface area contributed by atoms with Crippen LogP contribution in [0.5, 0.6) is 0 Å². The molecule has 6 aromatic carbocycles. The van der Waals surface area contributed by atoms with Gasteiger partial charge in [-0.25, -0.2) is 19.9 Å². The number of benzene rings is 6. The van der Waals surface area contributed by atoms with Crippen molar-refractivity contribution in [2.75, 3.05) is 10.6 Å². The second-order valence-corrected chi connectivity index (χ2v) is 14.9. The lowest BCUT2D eigenvalue weighted by Gasteiger charge is -2.16. The van der Waals surface area contributed by atoms with Crippen molar-refractivity contribution in [3.63, 3.8) is 0 Å². The molecule has 2 aromatic heterocycles. The molecule has 332 valence electrons. The molecule has 0 spiro atoms. The number of rotatable bonds is 6. The van der Waals surface area contributed by atoms with E-state index in [9.17, 15) is 59.6 Å². The van der Waals surface area contributed by atoms with Crippen LogP contribution in [0, 0.1) is 22.7 Å². The van der Waals surface area contributed by atoms with Gasteiger partial charge in [0, 0.05) is 11.4 Å². The molecule has 21 heteroatoms. The van der Waals surface area contributed by atoms with E-state index in [-0.39, 0.29) is 39.0 Å². The van der Waals surface area contributed by atoms with Crippen LogP contribution in [0.2, 0.25) is 10.3 Å². The lowest BCUT2D eigenvalue weighted by Crippen LogP contribution is -2.22. The van der Waals surface area contributed by atoms with Crippen LogP contribution < -0.4 is 10.6 Å². The Bertz CT molecular complexity index is 3260. The average molecular weight is 950 g/mol. The van der Waals surface area contributed by atoms with Crippen molar-refractivity contribution in [3.8, 4) is 12.1 Å². The van der Waals surface area contributed by atoms with Crippen LogP contribution in [0.4, 0.5) is 50.9 Å². The number of fused-ring (bicyclic) bond motifs is 4. The Hall–Kier alpha value is -7.61. The second kappa shape index (κ2) is 18.1. The fourth-order valence-electron chi connectivity index (χ4n) is 6.52. The van der Waals surface area contributed by atoms with Crippen LogP contribution in [0.25, 0.3) is 43.6 Å². The van der Waals surface area contributed by atoms with E-state index < -0.39 is 64.6 Å². The summed E-state index contributed by atoms with van der Waals surface area (Å²) in [6.45, 7) is 0. The van der Waals surface area contributed by atoms with Crippen LogP contribution in [0.15, 0.2) is 115 Å². The summed E-state index contributed by atoms with van der Waals surface area (Å²) in [6.07, 6.45) is -14.7. The minimum absolute atomic E-state index is 0.0311. The monoisotopic (exact) mass is 948 g/mol. The minimum atomic E-state index is -5.11. The van der Waals surface area contributed by atoms with Crippen molar-refractivity contribution in [3.05, 3.63) is 154 Å². The molecule has 0 aliphatic rings. The second-order valence-electron chi connectivity index (χ2n) is 14.1. The van der Waals surface area contributed by atoms with Gasteiger partial charge in [0.2, 0.25) is 11.8 Å². The fraction of sp³-hybridized carbons (Fsp3) is 0.111. The van der Waals surface area contributed by atoms with E-state index in [1.165, 1.54) is 0 Å². The predicted octanol–water partition coefficient (Wildman–Crippen LogP) is 12.4. The van der Waals surface area contributed by atoms with Crippen LogP contribution in [0.3, 0.4) is 0 Å². The molecular formula is C45H23Cl2F9N8O2. The van der Waals surface area contributed by atoms with Crippen molar-refractivity contribution in [2.24, 2.45) is 0 Å². The molecule has 0 bridgehead atoms. The van der Waals surface area contributed by atoms with Crippen LogP contribution >= 0.6 is 23.2 Å². The number of nitriles is 2. The molecule has 2 atom stereocenters. The number of halogens is 11. The normalized spacial score (nSPS) is 12.7. The number of anilines is 2. The van der Waals surface area contributed by atoms with E-state index >= 15 is 0 Å². The molecule has 0 aliphatic carbocycles. The number of nitrogens with one attached hydrogen (secondary N) is 2. The molecule has 2 unspecified atom stereocenters. The molecule has 66 heavy (non-hydrogen) atoms. The molecule has 0 saturated carbocycles. The van der Waals surface area contributed by atoms with Crippen LogP contribution in [0.1, 0.15) is 39.9 Å². The number of aromatic nitrogens is 4. The van der Waals surface area contributed by atoms with E-state index in [1.54, 1.807) is 42.5 Å². The number of amides is 2.